The zero-order chi connectivity index (χ0) is 22.1. The van der Waals surface area contributed by atoms with Gasteiger partial charge >= 0.3 is 0 Å². The maximum absolute atomic E-state index is 12.8. The second kappa shape index (κ2) is 8.91. The van der Waals surface area contributed by atoms with Gasteiger partial charge in [0.05, 0.1) is 10.6 Å². The highest BCUT2D eigenvalue weighted by Crippen LogP contribution is 2.19. The van der Waals surface area contributed by atoms with Crippen molar-refractivity contribution in [1.29, 1.82) is 0 Å². The molecular formula is C22H26BrN3O3S. The van der Waals surface area contributed by atoms with Crippen molar-refractivity contribution in [3.8, 4) is 5.69 Å². The van der Waals surface area contributed by atoms with Gasteiger partial charge in [-0.05, 0) is 61.2 Å². The van der Waals surface area contributed by atoms with Crippen molar-refractivity contribution in [2.24, 2.45) is 7.05 Å². The predicted octanol–water partition coefficient (Wildman–Crippen LogP) is 3.89. The summed E-state index contributed by atoms with van der Waals surface area (Å²) in [4.78, 5) is 13.0. The molecule has 30 heavy (non-hydrogen) atoms. The Hall–Kier alpha value is -2.16. The molecule has 160 valence electrons. The third-order valence-electron chi connectivity index (χ3n) is 5.16. The lowest BCUT2D eigenvalue weighted by Crippen LogP contribution is -2.26. The molecule has 0 spiro atoms. The zero-order valence-electron chi connectivity index (χ0n) is 17.5. The highest BCUT2D eigenvalue weighted by Gasteiger charge is 2.19. The second-order valence-electron chi connectivity index (χ2n) is 7.57. The first-order valence-electron chi connectivity index (χ1n) is 9.75. The molecule has 0 aliphatic rings. The molecule has 0 unspecified atom stereocenters. The van der Waals surface area contributed by atoms with Crippen molar-refractivity contribution < 1.29 is 8.42 Å². The van der Waals surface area contributed by atoms with Crippen molar-refractivity contribution in [2.75, 3.05) is 6.54 Å². The average molecular weight is 492 g/mol. The minimum atomic E-state index is -3.63. The lowest BCUT2D eigenvalue weighted by molar-refractivity contribution is 0.581. The number of hydrogen-bond acceptors (Lipinski definition) is 3. The van der Waals surface area contributed by atoms with Gasteiger partial charge in [-0.3, -0.25) is 9.48 Å². The number of hydrogen-bond donors (Lipinski definition) is 1. The lowest BCUT2D eigenvalue weighted by atomic mass is 10.0. The van der Waals surface area contributed by atoms with Gasteiger partial charge in [0.15, 0.2) is 0 Å². The summed E-state index contributed by atoms with van der Waals surface area (Å²) in [6, 6.07) is 14.2. The van der Waals surface area contributed by atoms with Crippen LogP contribution in [0.3, 0.4) is 0 Å². The van der Waals surface area contributed by atoms with E-state index < -0.39 is 10.0 Å². The van der Waals surface area contributed by atoms with Gasteiger partial charge in [0.25, 0.3) is 5.56 Å². The summed E-state index contributed by atoms with van der Waals surface area (Å²) in [5.41, 5.74) is 3.27. The first-order chi connectivity index (χ1) is 14.1. The molecule has 0 aliphatic carbocycles. The van der Waals surface area contributed by atoms with E-state index >= 15 is 0 Å². The van der Waals surface area contributed by atoms with E-state index in [2.05, 4.69) is 20.7 Å². The molecule has 1 heterocycles. The number of nitrogens with zero attached hydrogens (tertiary/aromatic N) is 2. The standard InChI is InChI=1S/C22H26BrN3O3S/c1-15(2)21-16(3)25(4)26(22(21)27)19-8-10-20(11-9-19)30(28,29)24-13-12-17-6-5-7-18(23)14-17/h5-11,14-15,24H,12-13H2,1-4H3. The quantitative estimate of drug-likeness (QED) is 0.544. The first-order valence-corrected chi connectivity index (χ1v) is 12.0. The first kappa shape index (κ1) is 22.5. The van der Waals surface area contributed by atoms with Crippen LogP contribution in [-0.2, 0) is 23.5 Å². The molecule has 1 aromatic heterocycles. The van der Waals surface area contributed by atoms with E-state index in [-0.39, 0.29) is 16.4 Å². The van der Waals surface area contributed by atoms with E-state index in [4.69, 9.17) is 0 Å². The topological polar surface area (TPSA) is 73.1 Å². The molecule has 0 saturated carbocycles. The van der Waals surface area contributed by atoms with E-state index in [1.807, 2.05) is 52.1 Å². The molecular weight excluding hydrogens is 466 g/mol. The van der Waals surface area contributed by atoms with Crippen LogP contribution in [0, 0.1) is 6.92 Å². The van der Waals surface area contributed by atoms with Gasteiger partial charge < -0.3 is 0 Å². The molecule has 0 aliphatic heterocycles. The Kier molecular flexibility index (Phi) is 6.69. The minimum Gasteiger partial charge on any atom is -0.285 e. The lowest BCUT2D eigenvalue weighted by Gasteiger charge is -2.10. The molecule has 0 radical (unpaired) electrons. The van der Waals surface area contributed by atoms with Crippen molar-refractivity contribution in [1.82, 2.24) is 14.1 Å². The average Bonchev–Trinajstić information content (AvgIpc) is 2.90. The normalized spacial score (nSPS) is 11.9. The Morgan fingerprint density at radius 1 is 1.10 bits per heavy atom. The Bertz CT molecular complexity index is 1210. The van der Waals surface area contributed by atoms with Gasteiger partial charge in [-0.25, -0.2) is 17.8 Å². The fourth-order valence-electron chi connectivity index (χ4n) is 3.56. The molecule has 0 bridgehead atoms. The monoisotopic (exact) mass is 491 g/mol. The summed E-state index contributed by atoms with van der Waals surface area (Å²) >= 11 is 3.42. The highest BCUT2D eigenvalue weighted by atomic mass is 79.9. The molecule has 8 heteroatoms. The molecule has 6 nitrogen and oxygen atoms in total. The van der Waals surface area contributed by atoms with Crippen LogP contribution in [0.1, 0.15) is 36.6 Å². The molecule has 3 aromatic rings. The van der Waals surface area contributed by atoms with Crippen LogP contribution in [0.4, 0.5) is 0 Å². The van der Waals surface area contributed by atoms with Gasteiger partial charge in [0, 0.05) is 29.3 Å². The number of benzene rings is 2. The van der Waals surface area contributed by atoms with Crippen LogP contribution in [-0.4, -0.2) is 24.3 Å². The number of sulfonamides is 1. The maximum atomic E-state index is 12.8. The maximum Gasteiger partial charge on any atom is 0.275 e. The summed E-state index contributed by atoms with van der Waals surface area (Å²) in [6.07, 6.45) is 0.590. The summed E-state index contributed by atoms with van der Waals surface area (Å²) in [7, 11) is -1.80. The zero-order valence-corrected chi connectivity index (χ0v) is 19.9. The number of aromatic nitrogens is 2. The van der Waals surface area contributed by atoms with Gasteiger partial charge in [0.1, 0.15) is 0 Å². The molecule has 2 aromatic carbocycles. The summed E-state index contributed by atoms with van der Waals surface area (Å²) in [5, 5.41) is 0. The Balaban J connectivity index is 1.78. The van der Waals surface area contributed by atoms with E-state index in [0.29, 0.717) is 18.7 Å². The van der Waals surface area contributed by atoms with Crippen molar-refractivity contribution in [3.63, 3.8) is 0 Å². The van der Waals surface area contributed by atoms with Crippen molar-refractivity contribution in [3.05, 3.63) is 80.2 Å². The van der Waals surface area contributed by atoms with Crippen LogP contribution in [0.25, 0.3) is 5.69 Å². The largest absolute Gasteiger partial charge is 0.285 e. The molecule has 1 N–H and O–H groups in total. The highest BCUT2D eigenvalue weighted by molar-refractivity contribution is 9.10. The van der Waals surface area contributed by atoms with Crippen LogP contribution < -0.4 is 10.3 Å². The summed E-state index contributed by atoms with van der Waals surface area (Å²) in [6.45, 7) is 6.20. The third kappa shape index (κ3) is 4.61. The molecule has 0 saturated heterocycles. The predicted molar refractivity (Wildman–Crippen MR) is 123 cm³/mol. The third-order valence-corrected chi connectivity index (χ3v) is 7.13. The van der Waals surface area contributed by atoms with E-state index in [1.54, 1.807) is 21.5 Å². The summed E-state index contributed by atoms with van der Waals surface area (Å²) < 4.78 is 32.2. The van der Waals surface area contributed by atoms with Gasteiger partial charge in [-0.15, -0.1) is 0 Å². The fraction of sp³-hybridized carbons (Fsp3) is 0.318. The van der Waals surface area contributed by atoms with Crippen molar-refractivity contribution >= 4 is 26.0 Å². The van der Waals surface area contributed by atoms with Crippen LogP contribution >= 0.6 is 15.9 Å². The van der Waals surface area contributed by atoms with Crippen LogP contribution in [0.2, 0.25) is 0 Å². The Morgan fingerprint density at radius 2 is 1.77 bits per heavy atom. The van der Waals surface area contributed by atoms with Crippen LogP contribution in [0.5, 0.6) is 0 Å². The second-order valence-corrected chi connectivity index (χ2v) is 10.2. The van der Waals surface area contributed by atoms with Crippen molar-refractivity contribution in [2.45, 2.75) is 38.0 Å². The minimum absolute atomic E-state index is 0.0762. The van der Waals surface area contributed by atoms with Gasteiger partial charge in [-0.1, -0.05) is 41.9 Å². The molecule has 0 fully saturated rings. The van der Waals surface area contributed by atoms with E-state index in [1.165, 1.54) is 12.1 Å². The Labute approximate surface area is 185 Å². The van der Waals surface area contributed by atoms with E-state index in [9.17, 15) is 13.2 Å². The number of nitrogens with one attached hydrogen (secondary N) is 1. The SMILES string of the molecule is Cc1c(C(C)C)c(=O)n(-c2ccc(S(=O)(=O)NCCc3cccc(Br)c3)cc2)n1C. The smallest absolute Gasteiger partial charge is 0.275 e. The molecule has 0 atom stereocenters. The summed E-state index contributed by atoms with van der Waals surface area (Å²) in [5.74, 6) is 0.110. The Morgan fingerprint density at radius 3 is 2.33 bits per heavy atom. The van der Waals surface area contributed by atoms with Crippen LogP contribution in [0.15, 0.2) is 62.7 Å². The fourth-order valence-corrected chi connectivity index (χ4v) is 5.04. The van der Waals surface area contributed by atoms with E-state index in [0.717, 1.165) is 21.3 Å². The van der Waals surface area contributed by atoms with Gasteiger partial charge in [-0.2, -0.15) is 0 Å². The number of halogens is 1. The number of rotatable bonds is 7. The molecule has 3 rings (SSSR count). The molecule has 0 amide bonds. The van der Waals surface area contributed by atoms with Gasteiger partial charge in [0.2, 0.25) is 10.0 Å².